The van der Waals surface area contributed by atoms with Crippen molar-refractivity contribution in [1.29, 1.82) is 0 Å². The third kappa shape index (κ3) is 4.99. The summed E-state index contributed by atoms with van der Waals surface area (Å²) in [5.41, 5.74) is 4.38. The quantitative estimate of drug-likeness (QED) is 0.252. The van der Waals surface area contributed by atoms with Gasteiger partial charge in [-0.25, -0.2) is 23.8 Å². The first-order valence-corrected chi connectivity index (χ1v) is 12.5. The minimum atomic E-state index is -1.13. The largest absolute Gasteiger partial charge is 0.465 e. The molecule has 5 heterocycles. The predicted molar refractivity (Wildman–Crippen MR) is 145 cm³/mol. The van der Waals surface area contributed by atoms with Crippen molar-refractivity contribution in [2.24, 2.45) is 0 Å². The van der Waals surface area contributed by atoms with Gasteiger partial charge in [-0.05, 0) is 48.4 Å². The van der Waals surface area contributed by atoms with Gasteiger partial charge in [0.2, 0.25) is 5.91 Å². The van der Waals surface area contributed by atoms with Crippen molar-refractivity contribution < 1.29 is 19.4 Å². The highest BCUT2D eigenvalue weighted by molar-refractivity contribution is 5.89. The standard InChI is InChI=1S/C27H25N9O4/c1-17-11-19(4-5-22(17)40-20-6-9-35-23(12-20)29-15-31-35)33-26-25-21(7-10-36(25)32-16-30-26)18-13-34(14-18)24(37)3-2-8-28-27(38)39/h2-7,9-12,15-16,18,28H,8,13-14H2,1H3,(H,38,39)(H,30,32,33). The van der Waals surface area contributed by atoms with Crippen LogP contribution < -0.4 is 15.4 Å². The van der Waals surface area contributed by atoms with Gasteiger partial charge in [-0.2, -0.15) is 10.2 Å². The predicted octanol–water partition coefficient (Wildman–Crippen LogP) is 3.37. The lowest BCUT2D eigenvalue weighted by molar-refractivity contribution is -0.130. The number of likely N-dealkylation sites (tertiary alicyclic amines) is 1. The second kappa shape index (κ2) is 10.4. The van der Waals surface area contributed by atoms with Crippen molar-refractivity contribution in [2.75, 3.05) is 25.0 Å². The smallest absolute Gasteiger partial charge is 0.404 e. The van der Waals surface area contributed by atoms with E-state index in [2.05, 4.69) is 30.8 Å². The second-order valence-electron chi connectivity index (χ2n) is 9.33. The van der Waals surface area contributed by atoms with E-state index in [1.165, 1.54) is 24.8 Å². The molecule has 4 aromatic heterocycles. The molecule has 0 unspecified atom stereocenters. The highest BCUT2D eigenvalue weighted by Crippen LogP contribution is 2.35. The summed E-state index contributed by atoms with van der Waals surface area (Å²) in [5, 5.41) is 22.7. The molecule has 5 aromatic rings. The lowest BCUT2D eigenvalue weighted by Crippen LogP contribution is -2.47. The van der Waals surface area contributed by atoms with E-state index >= 15 is 0 Å². The number of hydrogen-bond donors (Lipinski definition) is 3. The van der Waals surface area contributed by atoms with E-state index in [0.29, 0.717) is 30.3 Å². The summed E-state index contributed by atoms with van der Waals surface area (Å²) in [6, 6.07) is 11.5. The van der Waals surface area contributed by atoms with Gasteiger partial charge in [0.25, 0.3) is 0 Å². The van der Waals surface area contributed by atoms with Crippen LogP contribution in [0.4, 0.5) is 16.3 Å². The molecule has 0 aliphatic carbocycles. The fraction of sp³-hybridized carbons (Fsp3) is 0.185. The number of nitrogens with one attached hydrogen (secondary N) is 2. The molecule has 1 aliphatic heterocycles. The van der Waals surface area contributed by atoms with Gasteiger partial charge in [0.1, 0.15) is 29.7 Å². The number of ether oxygens (including phenoxy) is 1. The van der Waals surface area contributed by atoms with Crippen LogP contribution >= 0.6 is 0 Å². The van der Waals surface area contributed by atoms with Gasteiger partial charge in [0.15, 0.2) is 11.5 Å². The number of pyridine rings is 1. The van der Waals surface area contributed by atoms with Crippen LogP contribution in [0, 0.1) is 6.92 Å². The summed E-state index contributed by atoms with van der Waals surface area (Å²) in [7, 11) is 0. The number of hydrogen-bond acceptors (Lipinski definition) is 8. The number of anilines is 2. The van der Waals surface area contributed by atoms with E-state index in [1.807, 2.05) is 49.5 Å². The molecular weight excluding hydrogens is 514 g/mol. The summed E-state index contributed by atoms with van der Waals surface area (Å²) >= 11 is 0. The Balaban J connectivity index is 1.15. The van der Waals surface area contributed by atoms with E-state index < -0.39 is 6.09 Å². The second-order valence-corrected chi connectivity index (χ2v) is 9.33. The molecule has 3 N–H and O–H groups in total. The molecule has 0 spiro atoms. The maximum absolute atomic E-state index is 12.4. The zero-order valence-electron chi connectivity index (χ0n) is 21.4. The van der Waals surface area contributed by atoms with Crippen LogP contribution in [-0.2, 0) is 4.79 Å². The number of benzene rings is 1. The number of aromatic nitrogens is 6. The highest BCUT2D eigenvalue weighted by atomic mass is 16.5. The Hall–Kier alpha value is -5.46. The van der Waals surface area contributed by atoms with Crippen LogP contribution in [0.5, 0.6) is 11.5 Å². The van der Waals surface area contributed by atoms with Crippen LogP contribution in [0.15, 0.2) is 73.6 Å². The van der Waals surface area contributed by atoms with Crippen LogP contribution in [0.25, 0.3) is 11.2 Å². The molecule has 40 heavy (non-hydrogen) atoms. The lowest BCUT2D eigenvalue weighted by Gasteiger charge is -2.38. The SMILES string of the molecule is Cc1cc(Nc2ncnn3ccc(C4CN(C(=O)C=CCNC(=O)O)C4)c23)ccc1Oc1ccn2ncnc2c1. The molecule has 1 saturated heterocycles. The van der Waals surface area contributed by atoms with Crippen molar-refractivity contribution >= 4 is 34.7 Å². The molecule has 1 aromatic carbocycles. The number of nitrogens with zero attached hydrogens (tertiary/aromatic N) is 7. The summed E-state index contributed by atoms with van der Waals surface area (Å²) in [6.07, 6.45) is 8.43. The van der Waals surface area contributed by atoms with Crippen LogP contribution in [0.2, 0.25) is 0 Å². The number of amides is 2. The first kappa shape index (κ1) is 24.9. The summed E-state index contributed by atoms with van der Waals surface area (Å²) in [5.74, 6) is 2.02. The Bertz CT molecular complexity index is 1750. The average Bonchev–Trinajstić information content (AvgIpc) is 3.55. The first-order valence-electron chi connectivity index (χ1n) is 12.5. The van der Waals surface area contributed by atoms with Gasteiger partial charge in [0, 0.05) is 55.8 Å². The molecule has 6 rings (SSSR count). The van der Waals surface area contributed by atoms with E-state index in [0.717, 1.165) is 28.1 Å². The number of fused-ring (bicyclic) bond motifs is 2. The molecule has 13 nitrogen and oxygen atoms in total. The maximum Gasteiger partial charge on any atom is 0.404 e. The first-order chi connectivity index (χ1) is 19.4. The number of rotatable bonds is 8. The third-order valence-electron chi connectivity index (χ3n) is 6.67. The minimum Gasteiger partial charge on any atom is -0.465 e. The normalized spacial score (nSPS) is 13.6. The van der Waals surface area contributed by atoms with Crippen molar-refractivity contribution in [3.8, 4) is 11.5 Å². The van der Waals surface area contributed by atoms with E-state index in [4.69, 9.17) is 9.84 Å². The van der Waals surface area contributed by atoms with Gasteiger partial charge < -0.3 is 25.4 Å². The van der Waals surface area contributed by atoms with Crippen LogP contribution in [-0.4, -0.2) is 70.8 Å². The Morgan fingerprint density at radius 3 is 2.70 bits per heavy atom. The molecule has 0 radical (unpaired) electrons. The monoisotopic (exact) mass is 539 g/mol. The topological polar surface area (TPSA) is 151 Å². The Kier molecular flexibility index (Phi) is 6.44. The fourth-order valence-corrected chi connectivity index (χ4v) is 4.63. The molecule has 1 aliphatic rings. The van der Waals surface area contributed by atoms with Crippen LogP contribution in [0.3, 0.4) is 0 Å². The molecule has 0 bridgehead atoms. The van der Waals surface area contributed by atoms with Crippen molar-refractivity contribution in [3.05, 3.63) is 84.7 Å². The van der Waals surface area contributed by atoms with Gasteiger partial charge in [-0.1, -0.05) is 6.08 Å². The number of carbonyl (C=O) groups excluding carboxylic acids is 1. The highest BCUT2D eigenvalue weighted by Gasteiger charge is 2.33. The van der Waals surface area contributed by atoms with Gasteiger partial charge in [0.05, 0.1) is 0 Å². The van der Waals surface area contributed by atoms with E-state index in [9.17, 15) is 9.59 Å². The molecule has 202 valence electrons. The number of carbonyl (C=O) groups is 2. The van der Waals surface area contributed by atoms with Gasteiger partial charge in [-0.15, -0.1) is 0 Å². The third-order valence-corrected chi connectivity index (χ3v) is 6.67. The van der Waals surface area contributed by atoms with Crippen molar-refractivity contribution in [3.63, 3.8) is 0 Å². The Labute approximate surface area is 227 Å². The Morgan fingerprint density at radius 2 is 1.88 bits per heavy atom. The maximum atomic E-state index is 12.4. The molecule has 0 saturated carbocycles. The average molecular weight is 540 g/mol. The molecule has 13 heteroatoms. The van der Waals surface area contributed by atoms with Crippen molar-refractivity contribution in [1.82, 2.24) is 39.4 Å². The number of aryl methyl sites for hydroxylation is 1. The zero-order valence-corrected chi connectivity index (χ0v) is 21.4. The van der Waals surface area contributed by atoms with Crippen molar-refractivity contribution in [2.45, 2.75) is 12.8 Å². The Morgan fingerprint density at radius 1 is 1.07 bits per heavy atom. The summed E-state index contributed by atoms with van der Waals surface area (Å²) in [4.78, 5) is 33.3. The molecule has 1 fully saturated rings. The lowest BCUT2D eigenvalue weighted by atomic mass is 9.92. The molecule has 0 atom stereocenters. The van der Waals surface area contributed by atoms with Gasteiger partial charge in [-0.3, -0.25) is 4.79 Å². The van der Waals surface area contributed by atoms with Crippen LogP contribution in [0.1, 0.15) is 17.0 Å². The zero-order chi connectivity index (χ0) is 27.6. The molecule has 2 amide bonds. The summed E-state index contributed by atoms with van der Waals surface area (Å²) in [6.45, 7) is 3.16. The van der Waals surface area contributed by atoms with Gasteiger partial charge >= 0.3 is 6.09 Å². The summed E-state index contributed by atoms with van der Waals surface area (Å²) < 4.78 is 9.53. The minimum absolute atomic E-state index is 0.0836. The molecular formula is C27H25N9O4. The van der Waals surface area contributed by atoms with E-state index in [1.54, 1.807) is 20.1 Å². The van der Waals surface area contributed by atoms with E-state index in [-0.39, 0.29) is 18.4 Å². The number of carboxylic acid groups (broad SMARTS) is 1. The fourth-order valence-electron chi connectivity index (χ4n) is 4.63.